The molecule has 0 saturated carbocycles. The Labute approximate surface area is 109 Å². The Morgan fingerprint density at radius 3 is 1.28 bits per heavy atom. The number of hydrogen-bond donors (Lipinski definition) is 6. The Morgan fingerprint density at radius 2 is 1.22 bits per heavy atom. The Kier molecular flexibility index (Phi) is 10.8. The van der Waals surface area contributed by atoms with Crippen LogP contribution in [0.15, 0.2) is 0 Å². The van der Waals surface area contributed by atoms with Crippen LogP contribution >= 0.6 is 0 Å². The van der Waals surface area contributed by atoms with Gasteiger partial charge in [0.1, 0.15) is 0 Å². The maximum absolute atomic E-state index is 8.90. The van der Waals surface area contributed by atoms with E-state index in [2.05, 4.69) is 0 Å². The van der Waals surface area contributed by atoms with Gasteiger partial charge in [0.05, 0.1) is 26.4 Å². The van der Waals surface area contributed by atoms with Gasteiger partial charge in [-0.05, 0) is 12.8 Å². The molecule has 1 atom stereocenters. The van der Waals surface area contributed by atoms with Crippen LogP contribution in [-0.4, -0.2) is 62.9 Å². The smallest absolute Gasteiger partial charge is 0.189 e. The summed E-state index contributed by atoms with van der Waals surface area (Å²) < 4.78 is 0. The molecule has 0 fully saturated rings. The third kappa shape index (κ3) is 6.63. The van der Waals surface area contributed by atoms with Crippen molar-refractivity contribution in [3.05, 3.63) is 0 Å². The van der Waals surface area contributed by atoms with Crippen molar-refractivity contribution < 1.29 is 30.6 Å². The van der Waals surface area contributed by atoms with Gasteiger partial charge in [0, 0.05) is 11.3 Å². The second-order valence-electron chi connectivity index (χ2n) is 4.67. The Hall–Kier alpha value is -0.240. The molecule has 0 aliphatic rings. The van der Waals surface area contributed by atoms with E-state index in [1.807, 2.05) is 13.8 Å². The van der Waals surface area contributed by atoms with Gasteiger partial charge in [0.2, 0.25) is 0 Å². The lowest BCUT2D eigenvalue weighted by Crippen LogP contribution is -2.39. The van der Waals surface area contributed by atoms with Crippen LogP contribution in [0.3, 0.4) is 0 Å². The van der Waals surface area contributed by atoms with Gasteiger partial charge in [0.25, 0.3) is 0 Å². The SMILES string of the molecule is CCC(C)C(O)(O)CO.CCC(CO)(CO)CO. The van der Waals surface area contributed by atoms with Crippen LogP contribution in [0.1, 0.15) is 33.6 Å². The van der Waals surface area contributed by atoms with Crippen molar-refractivity contribution in [3.8, 4) is 0 Å². The van der Waals surface area contributed by atoms with Gasteiger partial charge in [-0.3, -0.25) is 0 Å². The number of aliphatic hydroxyl groups is 6. The molecule has 112 valence electrons. The molecule has 0 spiro atoms. The highest BCUT2D eigenvalue weighted by molar-refractivity contribution is 4.74. The largest absolute Gasteiger partial charge is 0.396 e. The summed E-state index contributed by atoms with van der Waals surface area (Å²) in [5.41, 5.74) is -0.667. The second kappa shape index (κ2) is 9.66. The van der Waals surface area contributed by atoms with Crippen molar-refractivity contribution in [3.63, 3.8) is 0 Å². The predicted octanol–water partition coefficient (Wildman–Crippen LogP) is -0.935. The first-order chi connectivity index (χ1) is 8.28. The summed E-state index contributed by atoms with van der Waals surface area (Å²) in [6, 6.07) is 0. The Bertz CT molecular complexity index is 173. The Morgan fingerprint density at radius 1 is 0.833 bits per heavy atom. The highest BCUT2D eigenvalue weighted by Gasteiger charge is 2.28. The molecular formula is C12H28O6. The highest BCUT2D eigenvalue weighted by atomic mass is 16.5. The normalized spacial score (nSPS) is 13.8. The van der Waals surface area contributed by atoms with E-state index in [9.17, 15) is 0 Å². The second-order valence-corrected chi connectivity index (χ2v) is 4.67. The van der Waals surface area contributed by atoms with Gasteiger partial charge < -0.3 is 30.6 Å². The van der Waals surface area contributed by atoms with Gasteiger partial charge in [0.15, 0.2) is 5.79 Å². The van der Waals surface area contributed by atoms with E-state index in [1.165, 1.54) is 0 Å². The minimum atomic E-state index is -1.89. The first-order valence-electron chi connectivity index (χ1n) is 6.17. The summed E-state index contributed by atoms with van der Waals surface area (Å²) in [7, 11) is 0. The molecule has 0 aromatic carbocycles. The van der Waals surface area contributed by atoms with Crippen molar-refractivity contribution in [1.29, 1.82) is 0 Å². The van der Waals surface area contributed by atoms with Gasteiger partial charge in [-0.25, -0.2) is 0 Å². The van der Waals surface area contributed by atoms with Crippen molar-refractivity contribution in [1.82, 2.24) is 0 Å². The Balaban J connectivity index is 0. The number of aliphatic hydroxyl groups excluding tert-OH is 4. The van der Waals surface area contributed by atoms with Gasteiger partial charge in [-0.15, -0.1) is 0 Å². The number of rotatable bonds is 7. The summed E-state index contributed by atoms with van der Waals surface area (Å²) in [6.45, 7) is 4.27. The van der Waals surface area contributed by atoms with Crippen LogP contribution in [0, 0.1) is 11.3 Å². The molecule has 0 bridgehead atoms. The summed E-state index contributed by atoms with van der Waals surface area (Å²) in [4.78, 5) is 0. The van der Waals surface area contributed by atoms with Crippen LogP contribution in [-0.2, 0) is 0 Å². The van der Waals surface area contributed by atoms with Crippen molar-refractivity contribution in [2.75, 3.05) is 26.4 Å². The van der Waals surface area contributed by atoms with Gasteiger partial charge in [-0.2, -0.15) is 0 Å². The number of hydrogen-bond acceptors (Lipinski definition) is 6. The topological polar surface area (TPSA) is 121 Å². The molecule has 6 nitrogen and oxygen atoms in total. The maximum atomic E-state index is 8.90. The quantitative estimate of drug-likeness (QED) is 0.332. The molecule has 18 heavy (non-hydrogen) atoms. The van der Waals surface area contributed by atoms with Crippen LogP contribution in [0.2, 0.25) is 0 Å². The molecule has 0 aromatic heterocycles. The van der Waals surface area contributed by atoms with Gasteiger partial charge >= 0.3 is 0 Å². The molecular weight excluding hydrogens is 240 g/mol. The van der Waals surface area contributed by atoms with Crippen molar-refractivity contribution in [2.24, 2.45) is 11.3 Å². The molecule has 0 amide bonds. The zero-order valence-corrected chi connectivity index (χ0v) is 11.5. The van der Waals surface area contributed by atoms with Gasteiger partial charge in [-0.1, -0.05) is 20.8 Å². The first-order valence-corrected chi connectivity index (χ1v) is 6.17. The molecule has 1 unspecified atom stereocenters. The zero-order valence-electron chi connectivity index (χ0n) is 11.5. The fourth-order valence-electron chi connectivity index (χ4n) is 0.968. The summed E-state index contributed by atoms with van der Waals surface area (Å²) in [6.07, 6.45) is 1.24. The molecule has 0 rings (SSSR count). The van der Waals surface area contributed by atoms with E-state index < -0.39 is 17.8 Å². The van der Waals surface area contributed by atoms with Crippen LogP contribution in [0.5, 0.6) is 0 Å². The molecule has 0 saturated heterocycles. The third-order valence-electron chi connectivity index (χ3n) is 3.39. The lowest BCUT2D eigenvalue weighted by Gasteiger charge is -2.24. The van der Waals surface area contributed by atoms with Crippen molar-refractivity contribution in [2.45, 2.75) is 39.4 Å². The molecule has 0 aliphatic carbocycles. The predicted molar refractivity (Wildman–Crippen MR) is 67.7 cm³/mol. The standard InChI is InChI=1S/2C6H14O3/c1-3-5(2)6(8,9)4-7;1-2-6(3-7,4-8)5-9/h5,7-9H,3-4H2,1-2H3;7-9H,2-5H2,1H3. The fraction of sp³-hybridized carbons (Fsp3) is 1.00. The molecule has 0 heterocycles. The summed E-state index contributed by atoms with van der Waals surface area (Å²) >= 11 is 0. The summed E-state index contributed by atoms with van der Waals surface area (Å²) in [5, 5.41) is 52.2. The zero-order chi connectivity index (χ0) is 14.8. The van der Waals surface area contributed by atoms with E-state index in [-0.39, 0.29) is 25.7 Å². The molecule has 0 aromatic rings. The van der Waals surface area contributed by atoms with E-state index in [0.29, 0.717) is 12.8 Å². The molecule has 0 radical (unpaired) electrons. The lowest BCUT2D eigenvalue weighted by molar-refractivity contribution is -0.218. The van der Waals surface area contributed by atoms with E-state index in [4.69, 9.17) is 30.6 Å². The van der Waals surface area contributed by atoms with E-state index >= 15 is 0 Å². The molecule has 0 aliphatic heterocycles. The lowest BCUT2D eigenvalue weighted by atomic mass is 9.88. The average molecular weight is 268 g/mol. The molecule has 6 heteroatoms. The van der Waals surface area contributed by atoms with E-state index in [1.54, 1.807) is 6.92 Å². The minimum Gasteiger partial charge on any atom is -0.396 e. The van der Waals surface area contributed by atoms with E-state index in [0.717, 1.165) is 0 Å². The average Bonchev–Trinajstić information content (AvgIpc) is 2.41. The van der Waals surface area contributed by atoms with Crippen LogP contribution < -0.4 is 0 Å². The summed E-state index contributed by atoms with van der Waals surface area (Å²) in [5.74, 6) is -2.17. The van der Waals surface area contributed by atoms with Crippen LogP contribution in [0.4, 0.5) is 0 Å². The monoisotopic (exact) mass is 268 g/mol. The molecule has 6 N–H and O–H groups in total. The van der Waals surface area contributed by atoms with Crippen LogP contribution in [0.25, 0.3) is 0 Å². The maximum Gasteiger partial charge on any atom is 0.189 e. The highest BCUT2D eigenvalue weighted by Crippen LogP contribution is 2.18. The first kappa shape index (κ1) is 20.1. The fourth-order valence-corrected chi connectivity index (χ4v) is 0.968. The van der Waals surface area contributed by atoms with Crippen molar-refractivity contribution >= 4 is 0 Å². The third-order valence-corrected chi connectivity index (χ3v) is 3.39. The minimum absolute atomic E-state index is 0.156.